The minimum atomic E-state index is -3.58. The molecule has 0 amide bonds. The quantitative estimate of drug-likeness (QED) is 0.905. The average molecular weight is 345 g/mol. The number of sulfonamides is 1. The standard InChI is InChI=1S/C18H19NO4S/c20-24(21,15-7-8-16-17(11-15)23-13-22-16)19-12-18(9-4-10-18)14-5-2-1-3-6-14/h1-3,5-8,11,19H,4,9-10,12-13H2. The molecule has 1 N–H and O–H groups in total. The van der Waals surface area contributed by atoms with E-state index in [1.54, 1.807) is 12.1 Å². The third kappa shape index (κ3) is 2.65. The first kappa shape index (κ1) is 15.5. The van der Waals surface area contributed by atoms with Crippen molar-refractivity contribution in [1.29, 1.82) is 0 Å². The zero-order valence-corrected chi connectivity index (χ0v) is 14.0. The lowest BCUT2D eigenvalue weighted by molar-refractivity contribution is 0.174. The van der Waals surface area contributed by atoms with Gasteiger partial charge < -0.3 is 9.47 Å². The first-order valence-corrected chi connectivity index (χ1v) is 9.52. The Morgan fingerprint density at radius 1 is 1.00 bits per heavy atom. The Bertz CT molecular complexity index is 845. The van der Waals surface area contributed by atoms with E-state index in [0.29, 0.717) is 18.0 Å². The highest BCUT2D eigenvalue weighted by molar-refractivity contribution is 7.89. The summed E-state index contributed by atoms with van der Waals surface area (Å²) in [4.78, 5) is 0.203. The van der Waals surface area contributed by atoms with Crippen LogP contribution in [0.4, 0.5) is 0 Å². The van der Waals surface area contributed by atoms with E-state index < -0.39 is 10.0 Å². The van der Waals surface area contributed by atoms with Crippen molar-refractivity contribution >= 4 is 10.0 Å². The van der Waals surface area contributed by atoms with Crippen molar-refractivity contribution in [3.05, 3.63) is 54.1 Å². The summed E-state index contributed by atoms with van der Waals surface area (Å²) in [5, 5.41) is 0. The number of fused-ring (bicyclic) bond motifs is 1. The normalized spacial score (nSPS) is 18.2. The summed E-state index contributed by atoms with van der Waals surface area (Å²) in [6.07, 6.45) is 3.13. The van der Waals surface area contributed by atoms with Gasteiger partial charge in [0.05, 0.1) is 4.90 Å². The van der Waals surface area contributed by atoms with E-state index in [1.807, 2.05) is 18.2 Å². The molecule has 0 atom stereocenters. The molecular weight excluding hydrogens is 326 g/mol. The zero-order valence-electron chi connectivity index (χ0n) is 13.2. The number of hydrogen-bond donors (Lipinski definition) is 1. The van der Waals surface area contributed by atoms with Crippen LogP contribution in [0.15, 0.2) is 53.4 Å². The van der Waals surface area contributed by atoms with Gasteiger partial charge in [-0.15, -0.1) is 0 Å². The lowest BCUT2D eigenvalue weighted by atomic mass is 9.64. The Balaban J connectivity index is 1.54. The second-order valence-corrected chi connectivity index (χ2v) is 8.11. The smallest absolute Gasteiger partial charge is 0.240 e. The molecular formula is C18H19NO4S. The fourth-order valence-corrected chi connectivity index (χ4v) is 4.47. The molecule has 0 unspecified atom stereocenters. The number of nitrogens with one attached hydrogen (secondary N) is 1. The van der Waals surface area contributed by atoms with Crippen molar-refractivity contribution in [2.45, 2.75) is 29.6 Å². The first-order chi connectivity index (χ1) is 11.6. The van der Waals surface area contributed by atoms with E-state index in [2.05, 4.69) is 16.9 Å². The van der Waals surface area contributed by atoms with Gasteiger partial charge in [0.1, 0.15) is 0 Å². The van der Waals surface area contributed by atoms with Crippen LogP contribution in [0.1, 0.15) is 24.8 Å². The van der Waals surface area contributed by atoms with E-state index in [-0.39, 0.29) is 17.1 Å². The van der Waals surface area contributed by atoms with Crippen LogP contribution in [0.25, 0.3) is 0 Å². The number of benzene rings is 2. The number of rotatable bonds is 5. The molecule has 1 aliphatic heterocycles. The van der Waals surface area contributed by atoms with Gasteiger partial charge >= 0.3 is 0 Å². The Hall–Kier alpha value is -2.05. The summed E-state index contributed by atoms with van der Waals surface area (Å²) in [6, 6.07) is 14.8. The van der Waals surface area contributed by atoms with Crippen molar-refractivity contribution in [2.75, 3.05) is 13.3 Å². The molecule has 0 radical (unpaired) electrons. The van der Waals surface area contributed by atoms with Gasteiger partial charge in [0, 0.05) is 18.0 Å². The fourth-order valence-electron chi connectivity index (χ4n) is 3.32. The highest BCUT2D eigenvalue weighted by Gasteiger charge is 2.39. The molecule has 0 spiro atoms. The highest BCUT2D eigenvalue weighted by atomic mass is 32.2. The maximum atomic E-state index is 12.6. The van der Waals surface area contributed by atoms with E-state index in [1.165, 1.54) is 11.6 Å². The SMILES string of the molecule is O=S(=O)(NCC1(c2ccccc2)CCC1)c1ccc2c(c1)OCO2. The summed E-state index contributed by atoms with van der Waals surface area (Å²) in [5.74, 6) is 1.05. The predicted molar refractivity (Wildman–Crippen MR) is 89.7 cm³/mol. The molecule has 0 aromatic heterocycles. The van der Waals surface area contributed by atoms with Crippen LogP contribution in [-0.2, 0) is 15.4 Å². The third-order valence-electron chi connectivity index (χ3n) is 4.95. The highest BCUT2D eigenvalue weighted by Crippen LogP contribution is 2.43. The average Bonchev–Trinajstić information content (AvgIpc) is 3.02. The molecule has 4 rings (SSSR count). The van der Waals surface area contributed by atoms with Crippen molar-refractivity contribution in [3.8, 4) is 11.5 Å². The topological polar surface area (TPSA) is 64.6 Å². The summed E-state index contributed by atoms with van der Waals surface area (Å²) < 4.78 is 38.6. The molecule has 1 saturated carbocycles. The minimum absolute atomic E-state index is 0.0926. The molecule has 1 heterocycles. The largest absolute Gasteiger partial charge is 0.454 e. The Morgan fingerprint density at radius 2 is 1.75 bits per heavy atom. The van der Waals surface area contributed by atoms with Crippen LogP contribution < -0.4 is 14.2 Å². The first-order valence-electron chi connectivity index (χ1n) is 8.04. The monoisotopic (exact) mass is 345 g/mol. The van der Waals surface area contributed by atoms with Gasteiger partial charge in [-0.1, -0.05) is 36.8 Å². The van der Waals surface area contributed by atoms with E-state index in [9.17, 15) is 8.42 Å². The molecule has 1 fully saturated rings. The van der Waals surface area contributed by atoms with Crippen LogP contribution in [0.3, 0.4) is 0 Å². The van der Waals surface area contributed by atoms with Gasteiger partial charge in [-0.05, 0) is 30.5 Å². The van der Waals surface area contributed by atoms with Gasteiger partial charge in [-0.25, -0.2) is 13.1 Å². The molecule has 5 nitrogen and oxygen atoms in total. The van der Waals surface area contributed by atoms with Gasteiger partial charge in [-0.3, -0.25) is 0 Å². The summed E-state index contributed by atoms with van der Waals surface area (Å²) >= 11 is 0. The Morgan fingerprint density at radius 3 is 2.46 bits per heavy atom. The van der Waals surface area contributed by atoms with Crippen molar-refractivity contribution in [2.24, 2.45) is 0 Å². The zero-order chi connectivity index (χ0) is 16.6. The fraction of sp³-hybridized carbons (Fsp3) is 0.333. The third-order valence-corrected chi connectivity index (χ3v) is 6.35. The van der Waals surface area contributed by atoms with Crippen molar-refractivity contribution < 1.29 is 17.9 Å². The van der Waals surface area contributed by atoms with E-state index in [0.717, 1.165) is 19.3 Å². The maximum Gasteiger partial charge on any atom is 0.240 e. The van der Waals surface area contributed by atoms with Crippen LogP contribution >= 0.6 is 0 Å². The Labute approximate surface area is 141 Å². The molecule has 2 aliphatic rings. The summed E-state index contributed by atoms with van der Waals surface area (Å²) in [5.41, 5.74) is 1.11. The van der Waals surface area contributed by atoms with Gasteiger partial charge in [0.15, 0.2) is 11.5 Å². The van der Waals surface area contributed by atoms with Gasteiger partial charge in [0.2, 0.25) is 16.8 Å². The van der Waals surface area contributed by atoms with Crippen LogP contribution in [0.5, 0.6) is 11.5 Å². The molecule has 2 aromatic rings. The second-order valence-electron chi connectivity index (χ2n) is 6.34. The van der Waals surface area contributed by atoms with Gasteiger partial charge in [-0.2, -0.15) is 0 Å². The predicted octanol–water partition coefficient (Wildman–Crippen LogP) is 2.82. The molecule has 0 bridgehead atoms. The number of ether oxygens (including phenoxy) is 2. The lowest BCUT2D eigenvalue weighted by Crippen LogP contribution is -2.45. The molecule has 24 heavy (non-hydrogen) atoms. The van der Waals surface area contributed by atoms with Crippen LogP contribution in [0.2, 0.25) is 0 Å². The van der Waals surface area contributed by atoms with Crippen LogP contribution in [0, 0.1) is 0 Å². The molecule has 1 aliphatic carbocycles. The summed E-state index contributed by atoms with van der Waals surface area (Å²) in [7, 11) is -3.58. The van der Waals surface area contributed by atoms with Crippen molar-refractivity contribution in [3.63, 3.8) is 0 Å². The minimum Gasteiger partial charge on any atom is -0.454 e. The van der Waals surface area contributed by atoms with Crippen molar-refractivity contribution in [1.82, 2.24) is 4.72 Å². The van der Waals surface area contributed by atoms with Gasteiger partial charge in [0.25, 0.3) is 0 Å². The Kier molecular flexibility index (Phi) is 3.73. The van der Waals surface area contributed by atoms with E-state index >= 15 is 0 Å². The molecule has 0 saturated heterocycles. The maximum absolute atomic E-state index is 12.6. The lowest BCUT2D eigenvalue weighted by Gasteiger charge is -2.42. The molecule has 126 valence electrons. The number of hydrogen-bond acceptors (Lipinski definition) is 4. The second kappa shape index (κ2) is 5.79. The summed E-state index contributed by atoms with van der Waals surface area (Å²) in [6.45, 7) is 0.539. The van der Waals surface area contributed by atoms with Crippen LogP contribution in [-0.4, -0.2) is 21.8 Å². The molecule has 6 heteroatoms. The van der Waals surface area contributed by atoms with E-state index in [4.69, 9.17) is 9.47 Å². The molecule has 2 aromatic carbocycles.